The van der Waals surface area contributed by atoms with E-state index in [-0.39, 0.29) is 16.4 Å². The Labute approximate surface area is 154 Å². The van der Waals surface area contributed by atoms with Crippen LogP contribution in [0.1, 0.15) is 10.4 Å². The monoisotopic (exact) mass is 386 g/mol. The molecule has 3 rings (SSSR count). The molecule has 0 saturated heterocycles. The van der Waals surface area contributed by atoms with Crippen LogP contribution in [0.3, 0.4) is 0 Å². The van der Waals surface area contributed by atoms with Crippen molar-refractivity contribution in [2.45, 2.75) is 4.90 Å². The summed E-state index contributed by atoms with van der Waals surface area (Å²) in [4.78, 5) is 19.0. The Bertz CT molecular complexity index is 1070. The number of aromatic carboxylic acids is 1. The van der Waals surface area contributed by atoms with Crippen molar-refractivity contribution >= 4 is 39.2 Å². The zero-order chi connectivity index (χ0) is 19.4. The van der Waals surface area contributed by atoms with Gasteiger partial charge in [0.05, 0.1) is 10.5 Å². The van der Waals surface area contributed by atoms with Crippen molar-refractivity contribution in [3.05, 3.63) is 66.4 Å². The Kier molecular flexibility index (Phi) is 5.01. The molecule has 0 aliphatic heterocycles. The van der Waals surface area contributed by atoms with E-state index in [0.717, 1.165) is 0 Å². The van der Waals surface area contributed by atoms with Crippen molar-refractivity contribution in [2.24, 2.45) is 0 Å². The standard InChI is InChI=1S/C17H14N4O5S/c22-16(23)11-1-3-13(4-2-11)20-17-18-10-9-15(21-17)19-12-5-7-14(8-6-12)27(24,25)26/h1-10H,(H,22,23)(H,24,25,26)(H2,18,19,20,21). The molecule has 0 spiro atoms. The van der Waals surface area contributed by atoms with Crippen LogP contribution in [0.2, 0.25) is 0 Å². The maximum Gasteiger partial charge on any atom is 0.335 e. The van der Waals surface area contributed by atoms with Gasteiger partial charge in [-0.3, -0.25) is 4.55 Å². The first-order chi connectivity index (χ1) is 12.8. The Morgan fingerprint density at radius 3 is 2.07 bits per heavy atom. The Hall–Kier alpha value is -3.50. The molecule has 1 aromatic heterocycles. The van der Waals surface area contributed by atoms with Crippen LogP contribution in [-0.2, 0) is 10.1 Å². The highest BCUT2D eigenvalue weighted by Gasteiger charge is 2.09. The molecule has 27 heavy (non-hydrogen) atoms. The fraction of sp³-hybridized carbons (Fsp3) is 0. The lowest BCUT2D eigenvalue weighted by atomic mass is 10.2. The maximum atomic E-state index is 11.1. The highest BCUT2D eigenvalue weighted by Crippen LogP contribution is 2.19. The normalized spacial score (nSPS) is 11.0. The molecule has 0 unspecified atom stereocenters. The largest absolute Gasteiger partial charge is 0.478 e. The third-order valence-corrected chi connectivity index (χ3v) is 4.34. The van der Waals surface area contributed by atoms with Gasteiger partial charge in [0.1, 0.15) is 5.82 Å². The molecule has 9 nitrogen and oxygen atoms in total. The summed E-state index contributed by atoms with van der Waals surface area (Å²) >= 11 is 0. The summed E-state index contributed by atoms with van der Waals surface area (Å²) in [7, 11) is -4.24. The molecule has 0 fully saturated rings. The molecule has 138 valence electrons. The van der Waals surface area contributed by atoms with Gasteiger partial charge in [-0.15, -0.1) is 0 Å². The Morgan fingerprint density at radius 1 is 0.889 bits per heavy atom. The number of nitrogens with one attached hydrogen (secondary N) is 2. The first-order valence-corrected chi connectivity index (χ1v) is 9.03. The van der Waals surface area contributed by atoms with Crippen molar-refractivity contribution < 1.29 is 22.9 Å². The second kappa shape index (κ2) is 7.40. The molecular weight excluding hydrogens is 372 g/mol. The van der Waals surface area contributed by atoms with E-state index in [4.69, 9.17) is 9.66 Å². The smallest absolute Gasteiger partial charge is 0.335 e. The lowest BCUT2D eigenvalue weighted by Crippen LogP contribution is -2.02. The van der Waals surface area contributed by atoms with Crippen molar-refractivity contribution in [3.8, 4) is 0 Å². The predicted molar refractivity (Wildman–Crippen MR) is 98.3 cm³/mol. The van der Waals surface area contributed by atoms with Gasteiger partial charge in [0.25, 0.3) is 10.1 Å². The summed E-state index contributed by atoms with van der Waals surface area (Å²) in [5, 5.41) is 14.8. The first-order valence-electron chi connectivity index (χ1n) is 7.59. The van der Waals surface area contributed by atoms with E-state index in [1.165, 1.54) is 42.6 Å². The summed E-state index contributed by atoms with van der Waals surface area (Å²) in [5.41, 5.74) is 1.36. The van der Waals surface area contributed by atoms with Crippen LogP contribution in [0.4, 0.5) is 23.1 Å². The zero-order valence-electron chi connectivity index (χ0n) is 13.7. The minimum absolute atomic E-state index is 0.172. The summed E-state index contributed by atoms with van der Waals surface area (Å²) in [6.45, 7) is 0. The third-order valence-electron chi connectivity index (χ3n) is 3.47. The quantitative estimate of drug-likeness (QED) is 0.470. The van der Waals surface area contributed by atoms with Gasteiger partial charge in [0, 0.05) is 17.6 Å². The minimum atomic E-state index is -4.24. The van der Waals surface area contributed by atoms with E-state index in [9.17, 15) is 13.2 Å². The molecule has 0 aliphatic carbocycles. The first kappa shape index (κ1) is 18.3. The number of benzene rings is 2. The number of carboxylic acid groups (broad SMARTS) is 1. The fourth-order valence-corrected chi connectivity index (χ4v) is 2.65. The molecule has 0 amide bonds. The third kappa shape index (κ3) is 4.77. The molecule has 3 aromatic rings. The van der Waals surface area contributed by atoms with Crippen LogP contribution < -0.4 is 10.6 Å². The molecule has 0 saturated carbocycles. The Balaban J connectivity index is 1.72. The van der Waals surface area contributed by atoms with E-state index in [1.54, 1.807) is 18.2 Å². The summed E-state index contributed by atoms with van der Waals surface area (Å²) in [6.07, 6.45) is 1.52. The van der Waals surface area contributed by atoms with Gasteiger partial charge >= 0.3 is 5.97 Å². The van der Waals surface area contributed by atoms with Gasteiger partial charge in [0.2, 0.25) is 5.95 Å². The second-order valence-corrected chi connectivity index (χ2v) is 6.82. The number of nitrogens with zero attached hydrogens (tertiary/aromatic N) is 2. The van der Waals surface area contributed by atoms with Crippen LogP contribution in [0.15, 0.2) is 65.7 Å². The molecule has 4 N–H and O–H groups in total. The molecule has 0 atom stereocenters. The van der Waals surface area contributed by atoms with Crippen LogP contribution in [0, 0.1) is 0 Å². The van der Waals surface area contributed by atoms with Crippen molar-refractivity contribution in [1.82, 2.24) is 9.97 Å². The molecule has 2 aromatic carbocycles. The van der Waals surface area contributed by atoms with E-state index in [1.807, 2.05) is 0 Å². The van der Waals surface area contributed by atoms with E-state index >= 15 is 0 Å². The minimum Gasteiger partial charge on any atom is -0.478 e. The predicted octanol–water partition coefficient (Wildman–Crippen LogP) is 2.91. The second-order valence-electron chi connectivity index (χ2n) is 5.40. The highest BCUT2D eigenvalue weighted by molar-refractivity contribution is 7.85. The van der Waals surface area contributed by atoms with Gasteiger partial charge in [-0.1, -0.05) is 0 Å². The van der Waals surface area contributed by atoms with Crippen LogP contribution in [0.5, 0.6) is 0 Å². The van der Waals surface area contributed by atoms with Gasteiger partial charge in [0.15, 0.2) is 0 Å². The molecule has 0 aliphatic rings. The maximum absolute atomic E-state index is 11.1. The van der Waals surface area contributed by atoms with Gasteiger partial charge < -0.3 is 15.7 Å². The zero-order valence-corrected chi connectivity index (χ0v) is 14.5. The SMILES string of the molecule is O=C(O)c1ccc(Nc2nccc(Nc3ccc(S(=O)(=O)O)cc3)n2)cc1. The highest BCUT2D eigenvalue weighted by atomic mass is 32.2. The number of anilines is 4. The topological polar surface area (TPSA) is 142 Å². The number of carbonyl (C=O) groups is 1. The average Bonchev–Trinajstić information content (AvgIpc) is 2.62. The van der Waals surface area contributed by atoms with E-state index in [2.05, 4.69) is 20.6 Å². The summed E-state index contributed by atoms with van der Waals surface area (Å²) in [6, 6.07) is 13.3. The summed E-state index contributed by atoms with van der Waals surface area (Å²) < 4.78 is 31.1. The lowest BCUT2D eigenvalue weighted by molar-refractivity contribution is 0.0697. The average molecular weight is 386 g/mol. The summed E-state index contributed by atoms with van der Waals surface area (Å²) in [5.74, 6) is -0.268. The van der Waals surface area contributed by atoms with Crippen molar-refractivity contribution in [1.29, 1.82) is 0 Å². The van der Waals surface area contributed by atoms with E-state index < -0.39 is 16.1 Å². The molecule has 0 radical (unpaired) electrons. The Morgan fingerprint density at radius 2 is 1.48 bits per heavy atom. The number of hydrogen-bond donors (Lipinski definition) is 4. The number of hydrogen-bond acceptors (Lipinski definition) is 7. The van der Waals surface area contributed by atoms with Crippen molar-refractivity contribution in [2.75, 3.05) is 10.6 Å². The lowest BCUT2D eigenvalue weighted by Gasteiger charge is -2.09. The van der Waals surface area contributed by atoms with Crippen LogP contribution >= 0.6 is 0 Å². The number of rotatable bonds is 6. The molecule has 10 heteroatoms. The van der Waals surface area contributed by atoms with E-state index in [0.29, 0.717) is 17.2 Å². The van der Waals surface area contributed by atoms with Gasteiger partial charge in [-0.2, -0.15) is 13.4 Å². The van der Waals surface area contributed by atoms with Crippen LogP contribution in [0.25, 0.3) is 0 Å². The number of aromatic nitrogens is 2. The van der Waals surface area contributed by atoms with Gasteiger partial charge in [-0.25, -0.2) is 9.78 Å². The molecule has 0 bridgehead atoms. The van der Waals surface area contributed by atoms with Crippen LogP contribution in [-0.4, -0.2) is 34.0 Å². The van der Waals surface area contributed by atoms with Crippen molar-refractivity contribution in [3.63, 3.8) is 0 Å². The number of carboxylic acids is 1. The molecule has 1 heterocycles. The fourth-order valence-electron chi connectivity index (χ4n) is 2.17. The molecular formula is C17H14N4O5S. The van der Waals surface area contributed by atoms with Gasteiger partial charge in [-0.05, 0) is 54.6 Å².